The number of nitrogens with one attached hydrogen (secondary N) is 2. The highest BCUT2D eigenvalue weighted by Gasteiger charge is 2.28. The summed E-state index contributed by atoms with van der Waals surface area (Å²) < 4.78 is 59.6. The minimum Gasteiger partial charge on any atom is -0.504 e. The fourth-order valence-electron chi connectivity index (χ4n) is 4.22. The van der Waals surface area contributed by atoms with Crippen LogP contribution in [0.25, 0.3) is 11.4 Å². The largest absolute Gasteiger partial charge is 0.504 e. The number of aryl methyl sites for hydroxylation is 1. The maximum Gasteiger partial charge on any atom is 0.338 e. The number of phenols is 1. The summed E-state index contributed by atoms with van der Waals surface area (Å²) >= 11 is 0. The van der Waals surface area contributed by atoms with Crippen molar-refractivity contribution in [1.29, 1.82) is 5.41 Å². The number of phenolic OH excluding ortho intramolecular Hbond substituents is 1. The number of H-pyrrole nitrogens is 1. The van der Waals surface area contributed by atoms with Crippen LogP contribution in [-0.2, 0) is 4.74 Å². The van der Waals surface area contributed by atoms with Crippen molar-refractivity contribution in [3.05, 3.63) is 95.3 Å². The topological polar surface area (TPSA) is 175 Å². The number of esters is 1. The van der Waals surface area contributed by atoms with E-state index in [1.165, 1.54) is 49.6 Å². The van der Waals surface area contributed by atoms with Gasteiger partial charge < -0.3 is 39.5 Å². The van der Waals surface area contributed by atoms with Gasteiger partial charge in [0.05, 0.1) is 24.5 Å². The van der Waals surface area contributed by atoms with Crippen LogP contribution in [0.3, 0.4) is 0 Å². The maximum atomic E-state index is 16.1. The van der Waals surface area contributed by atoms with Crippen LogP contribution in [0.5, 0.6) is 46.3 Å². The first kappa shape index (κ1) is 32.2. The van der Waals surface area contributed by atoms with Crippen LogP contribution in [-0.4, -0.2) is 45.1 Å². The van der Waals surface area contributed by atoms with E-state index in [-0.39, 0.29) is 46.1 Å². The summed E-state index contributed by atoms with van der Waals surface area (Å²) in [7, 11) is 1.28. The number of methoxy groups -OCH3 is 1. The van der Waals surface area contributed by atoms with Crippen LogP contribution in [0, 0.1) is 24.0 Å². The zero-order chi connectivity index (χ0) is 33.8. The molecule has 0 radical (unpaired) electrons. The molecule has 5 aromatic rings. The molecule has 3 aromatic carbocycles. The second-order valence-corrected chi connectivity index (χ2v) is 10.3. The maximum absolute atomic E-state index is 16.1. The first-order valence-electron chi connectivity index (χ1n) is 14.0. The van der Waals surface area contributed by atoms with Gasteiger partial charge in [-0.15, -0.1) is 0 Å². The number of benzene rings is 3. The number of nitrogen functional groups attached to an aromatic ring is 1. The first-order chi connectivity index (χ1) is 22.4. The molecule has 0 saturated heterocycles. The quantitative estimate of drug-likeness (QED) is 0.0665. The van der Waals surface area contributed by atoms with E-state index in [9.17, 15) is 9.90 Å². The van der Waals surface area contributed by atoms with Crippen LogP contribution in [0.1, 0.15) is 35.5 Å². The minimum atomic E-state index is -1.41. The average molecular weight is 646 g/mol. The van der Waals surface area contributed by atoms with Gasteiger partial charge in [0.15, 0.2) is 23.0 Å². The third kappa shape index (κ3) is 7.22. The van der Waals surface area contributed by atoms with E-state index >= 15 is 8.78 Å². The molecule has 47 heavy (non-hydrogen) atoms. The molecule has 5 N–H and O–H groups in total. The molecule has 0 aliphatic carbocycles. The van der Waals surface area contributed by atoms with Crippen molar-refractivity contribution < 1.29 is 42.4 Å². The molecule has 0 saturated carbocycles. The van der Waals surface area contributed by atoms with Crippen LogP contribution < -0.4 is 24.7 Å². The summed E-state index contributed by atoms with van der Waals surface area (Å²) in [6.45, 7) is 5.18. The molecule has 0 spiro atoms. The van der Waals surface area contributed by atoms with E-state index in [0.717, 1.165) is 5.69 Å². The molecule has 12 nitrogen and oxygen atoms in total. The first-order valence-corrected chi connectivity index (χ1v) is 14.0. The normalized spacial score (nSPS) is 10.9. The van der Waals surface area contributed by atoms with Gasteiger partial charge in [0.2, 0.25) is 17.4 Å². The second kappa shape index (κ2) is 13.4. The Morgan fingerprint density at radius 3 is 2.28 bits per heavy atom. The number of aromatic nitrogens is 3. The number of aromatic hydroxyl groups is 1. The number of rotatable bonds is 11. The van der Waals surface area contributed by atoms with Crippen molar-refractivity contribution in [2.75, 3.05) is 7.11 Å². The van der Waals surface area contributed by atoms with E-state index < -0.39 is 40.9 Å². The van der Waals surface area contributed by atoms with E-state index in [1.54, 1.807) is 38.2 Å². The third-order valence-corrected chi connectivity index (χ3v) is 6.44. The lowest BCUT2D eigenvalue weighted by atomic mass is 10.2. The number of amidine groups is 1. The summed E-state index contributed by atoms with van der Waals surface area (Å²) in [6.07, 6.45) is 1.32. The van der Waals surface area contributed by atoms with Gasteiger partial charge >= 0.3 is 5.97 Å². The molecule has 0 bridgehead atoms. The lowest BCUT2D eigenvalue weighted by Crippen LogP contribution is -2.11. The summed E-state index contributed by atoms with van der Waals surface area (Å²) in [5, 5.41) is 18.1. The highest BCUT2D eigenvalue weighted by Crippen LogP contribution is 2.43. The molecule has 5 rings (SSSR count). The van der Waals surface area contributed by atoms with Gasteiger partial charge in [-0.3, -0.25) is 5.41 Å². The van der Waals surface area contributed by atoms with Gasteiger partial charge in [0, 0.05) is 17.3 Å². The summed E-state index contributed by atoms with van der Waals surface area (Å²) in [6, 6.07) is 14.1. The zero-order valence-electron chi connectivity index (χ0n) is 25.6. The molecule has 2 aromatic heterocycles. The monoisotopic (exact) mass is 645 g/mol. The van der Waals surface area contributed by atoms with Gasteiger partial charge in [-0.1, -0.05) is 12.1 Å². The summed E-state index contributed by atoms with van der Waals surface area (Å²) in [4.78, 5) is 23.7. The Morgan fingerprint density at radius 2 is 1.62 bits per heavy atom. The lowest BCUT2D eigenvalue weighted by Gasteiger charge is -2.17. The number of carbonyl (C=O) groups excluding carboxylic acids is 1. The molecule has 0 aliphatic rings. The van der Waals surface area contributed by atoms with Gasteiger partial charge in [-0.05, 0) is 69.3 Å². The molecule has 2 heterocycles. The highest BCUT2D eigenvalue weighted by atomic mass is 19.1. The van der Waals surface area contributed by atoms with E-state index in [4.69, 9.17) is 34.8 Å². The van der Waals surface area contributed by atoms with Crippen LogP contribution in [0.2, 0.25) is 0 Å². The minimum absolute atomic E-state index is 0.0444. The average Bonchev–Trinajstić information content (AvgIpc) is 3.48. The van der Waals surface area contributed by atoms with Crippen LogP contribution in [0.4, 0.5) is 8.78 Å². The third-order valence-electron chi connectivity index (χ3n) is 6.44. The Bertz CT molecular complexity index is 1980. The van der Waals surface area contributed by atoms with Crippen molar-refractivity contribution in [2.24, 2.45) is 5.73 Å². The molecule has 0 amide bonds. The van der Waals surface area contributed by atoms with Crippen LogP contribution >= 0.6 is 0 Å². The fourth-order valence-corrected chi connectivity index (χ4v) is 4.22. The van der Waals surface area contributed by atoms with Gasteiger partial charge in [-0.2, -0.15) is 13.8 Å². The van der Waals surface area contributed by atoms with Gasteiger partial charge in [-0.25, -0.2) is 9.78 Å². The van der Waals surface area contributed by atoms with Crippen molar-refractivity contribution >= 4 is 11.8 Å². The van der Waals surface area contributed by atoms with Crippen LogP contribution in [0.15, 0.2) is 66.9 Å². The molecule has 0 aliphatic heterocycles. The van der Waals surface area contributed by atoms with Crippen molar-refractivity contribution in [3.63, 3.8) is 0 Å². The van der Waals surface area contributed by atoms with Crippen molar-refractivity contribution in [2.45, 2.75) is 26.9 Å². The number of hydrogen-bond acceptors (Lipinski definition) is 10. The number of carbonyl (C=O) groups is 1. The number of nitrogens with two attached hydrogens (primary N) is 1. The van der Waals surface area contributed by atoms with Crippen molar-refractivity contribution in [3.8, 4) is 57.6 Å². The smallest absolute Gasteiger partial charge is 0.338 e. The molecule has 0 unspecified atom stereocenters. The Morgan fingerprint density at radius 1 is 0.915 bits per heavy atom. The van der Waals surface area contributed by atoms with E-state index in [1.807, 2.05) is 6.92 Å². The number of pyridine rings is 1. The predicted molar refractivity (Wildman–Crippen MR) is 166 cm³/mol. The SMILES string of the molecule is COc1cc(C(=O)OC(C)C)ccc1Oc1c(F)c(Oc2cccc(-c3nc(C)c[nH]3)c2)nc(Oc2cc(C(=N)N)ccc2O)c1F. The van der Waals surface area contributed by atoms with Gasteiger partial charge in [0.25, 0.3) is 11.8 Å². The number of imidazole rings is 1. The number of aromatic amines is 1. The summed E-state index contributed by atoms with van der Waals surface area (Å²) in [5.74, 6) is -6.71. The zero-order valence-corrected chi connectivity index (χ0v) is 25.6. The number of halogens is 2. The van der Waals surface area contributed by atoms with E-state index in [0.29, 0.717) is 11.4 Å². The molecule has 242 valence electrons. The van der Waals surface area contributed by atoms with Crippen molar-refractivity contribution in [1.82, 2.24) is 15.0 Å². The molecule has 14 heteroatoms. The Kier molecular flexibility index (Phi) is 9.21. The number of ether oxygens (including phenoxy) is 5. The Balaban J connectivity index is 1.58. The number of hydrogen-bond donors (Lipinski definition) is 4. The number of nitrogens with zero attached hydrogens (tertiary/aromatic N) is 2. The molecular weight excluding hydrogens is 616 g/mol. The molecule has 0 atom stereocenters. The van der Waals surface area contributed by atoms with E-state index in [2.05, 4.69) is 15.0 Å². The highest BCUT2D eigenvalue weighted by molar-refractivity contribution is 5.95. The Labute approximate surface area is 267 Å². The molecular formula is C33H29F2N5O7. The van der Waals surface area contributed by atoms with Gasteiger partial charge in [0.1, 0.15) is 17.4 Å². The second-order valence-electron chi connectivity index (χ2n) is 10.3. The lowest BCUT2D eigenvalue weighted by molar-refractivity contribution is 0.0377. The fraction of sp³-hybridized carbons (Fsp3) is 0.152. The molecule has 0 fully saturated rings. The predicted octanol–water partition coefficient (Wildman–Crippen LogP) is 7.00. The Hall–Kier alpha value is -6.18. The summed E-state index contributed by atoms with van der Waals surface area (Å²) in [5.41, 5.74) is 7.17. The standard InChI is InChI=1S/C33H29F2N5O7/c1-16(2)44-33(42)20-9-11-23(25(14-20)43-4)46-28-26(34)31(45-21-7-5-6-19(12-21)30-38-15-17(3)39-30)40-32(27(28)35)47-24-13-18(29(36)37)8-10-22(24)41/h5-16,41H,1-4H3,(H3,36,37)(H,38,39).